The number of nitrogens with one attached hydrogen (secondary N) is 1. The molecular formula is C10H9ClN2O. The number of benzene rings is 1. The molecular weight excluding hydrogens is 200 g/mol. The molecule has 0 amide bonds. The van der Waals surface area contributed by atoms with E-state index in [4.69, 9.17) is 16.3 Å². The Hall–Kier alpha value is -1.48. The van der Waals surface area contributed by atoms with Crippen LogP contribution in [0.25, 0.3) is 11.3 Å². The molecule has 0 unspecified atom stereocenters. The predicted octanol–water partition coefficient (Wildman–Crippen LogP) is 2.74. The van der Waals surface area contributed by atoms with E-state index < -0.39 is 0 Å². The number of hydrogen-bond donors (Lipinski definition) is 1. The van der Waals surface area contributed by atoms with Crippen molar-refractivity contribution in [3.05, 3.63) is 35.5 Å². The molecule has 2 rings (SSSR count). The lowest BCUT2D eigenvalue weighted by Gasteiger charge is -2.03. The van der Waals surface area contributed by atoms with Gasteiger partial charge in [-0.2, -0.15) is 5.10 Å². The molecule has 0 saturated heterocycles. The van der Waals surface area contributed by atoms with Crippen molar-refractivity contribution in [1.82, 2.24) is 10.2 Å². The Morgan fingerprint density at radius 2 is 2.21 bits per heavy atom. The van der Waals surface area contributed by atoms with E-state index in [1.165, 1.54) is 0 Å². The van der Waals surface area contributed by atoms with Crippen LogP contribution in [0.4, 0.5) is 0 Å². The second-order valence-corrected chi connectivity index (χ2v) is 3.22. The molecule has 1 aromatic heterocycles. The molecule has 72 valence electrons. The van der Waals surface area contributed by atoms with Gasteiger partial charge in [-0.15, -0.1) is 0 Å². The van der Waals surface area contributed by atoms with Crippen molar-refractivity contribution in [2.24, 2.45) is 0 Å². The number of hydrogen-bond acceptors (Lipinski definition) is 2. The van der Waals surface area contributed by atoms with Crippen molar-refractivity contribution in [3.8, 4) is 17.0 Å². The largest absolute Gasteiger partial charge is 0.495 e. The average molecular weight is 209 g/mol. The third-order valence-electron chi connectivity index (χ3n) is 1.95. The summed E-state index contributed by atoms with van der Waals surface area (Å²) in [7, 11) is 1.59. The Bertz CT molecular complexity index is 426. The summed E-state index contributed by atoms with van der Waals surface area (Å²) in [5.41, 5.74) is 1.84. The number of methoxy groups -OCH3 is 1. The molecule has 0 spiro atoms. The molecule has 0 atom stereocenters. The Morgan fingerprint density at radius 3 is 2.79 bits per heavy atom. The van der Waals surface area contributed by atoms with Crippen LogP contribution in [-0.4, -0.2) is 17.3 Å². The first-order valence-corrected chi connectivity index (χ1v) is 4.53. The molecule has 4 heteroatoms. The van der Waals surface area contributed by atoms with E-state index >= 15 is 0 Å². The van der Waals surface area contributed by atoms with Crippen LogP contribution in [0.1, 0.15) is 0 Å². The van der Waals surface area contributed by atoms with Gasteiger partial charge in [0.25, 0.3) is 0 Å². The van der Waals surface area contributed by atoms with Crippen molar-refractivity contribution in [1.29, 1.82) is 0 Å². The summed E-state index contributed by atoms with van der Waals surface area (Å²) in [6.45, 7) is 0. The highest BCUT2D eigenvalue weighted by Gasteiger charge is 2.04. The van der Waals surface area contributed by atoms with Crippen LogP contribution in [0.15, 0.2) is 30.5 Å². The molecule has 0 aliphatic heterocycles. The van der Waals surface area contributed by atoms with Crippen LogP contribution >= 0.6 is 11.6 Å². The lowest BCUT2D eigenvalue weighted by molar-refractivity contribution is 0.415. The molecule has 3 nitrogen and oxygen atoms in total. The summed E-state index contributed by atoms with van der Waals surface area (Å²) in [5, 5.41) is 7.40. The van der Waals surface area contributed by atoms with Gasteiger partial charge >= 0.3 is 0 Å². The van der Waals surface area contributed by atoms with E-state index in [1.807, 2.05) is 24.3 Å². The standard InChI is InChI=1S/C10H9ClN2O/c1-14-10-3-2-7(6-8(10)11)9-4-5-12-13-9/h2-6H,1H3,(H,12,13). The highest BCUT2D eigenvalue weighted by Crippen LogP contribution is 2.28. The second-order valence-electron chi connectivity index (χ2n) is 2.81. The number of H-pyrrole nitrogens is 1. The van der Waals surface area contributed by atoms with E-state index in [0.717, 1.165) is 11.3 Å². The molecule has 0 aliphatic carbocycles. The van der Waals surface area contributed by atoms with Gasteiger partial charge in [-0.05, 0) is 24.3 Å². The zero-order valence-electron chi connectivity index (χ0n) is 7.62. The predicted molar refractivity (Wildman–Crippen MR) is 55.6 cm³/mol. The summed E-state index contributed by atoms with van der Waals surface area (Å²) < 4.78 is 5.06. The topological polar surface area (TPSA) is 37.9 Å². The number of ether oxygens (including phenoxy) is 1. The first-order chi connectivity index (χ1) is 6.81. The second kappa shape index (κ2) is 3.72. The molecule has 1 N–H and O–H groups in total. The van der Waals surface area contributed by atoms with Crippen LogP contribution in [0.3, 0.4) is 0 Å². The van der Waals surface area contributed by atoms with Crippen LogP contribution in [0.2, 0.25) is 5.02 Å². The third-order valence-corrected chi connectivity index (χ3v) is 2.24. The fraction of sp³-hybridized carbons (Fsp3) is 0.100. The van der Waals surface area contributed by atoms with Gasteiger partial charge < -0.3 is 4.74 Å². The molecule has 0 radical (unpaired) electrons. The van der Waals surface area contributed by atoms with Crippen LogP contribution in [0, 0.1) is 0 Å². The van der Waals surface area contributed by atoms with Gasteiger partial charge in [0.2, 0.25) is 0 Å². The molecule has 1 heterocycles. The molecule has 2 aromatic rings. The SMILES string of the molecule is COc1ccc(-c2cc[nH]n2)cc1Cl. The van der Waals surface area contributed by atoms with E-state index in [9.17, 15) is 0 Å². The summed E-state index contributed by atoms with van der Waals surface area (Å²) in [6.07, 6.45) is 1.77. The van der Waals surface area contributed by atoms with Gasteiger partial charge in [0.1, 0.15) is 5.75 Å². The Kier molecular flexibility index (Phi) is 2.41. The summed E-state index contributed by atoms with van der Waals surface area (Å²) in [5.74, 6) is 0.672. The first-order valence-electron chi connectivity index (χ1n) is 4.15. The minimum atomic E-state index is 0.591. The number of halogens is 1. The van der Waals surface area contributed by atoms with Crippen molar-refractivity contribution in [2.45, 2.75) is 0 Å². The average Bonchev–Trinajstić information content (AvgIpc) is 2.70. The molecule has 0 bridgehead atoms. The highest BCUT2D eigenvalue weighted by atomic mass is 35.5. The first kappa shape index (κ1) is 9.09. The van der Waals surface area contributed by atoms with Crippen LogP contribution in [0.5, 0.6) is 5.75 Å². The number of rotatable bonds is 2. The van der Waals surface area contributed by atoms with E-state index in [0.29, 0.717) is 10.8 Å². The molecule has 1 aromatic carbocycles. The highest BCUT2D eigenvalue weighted by molar-refractivity contribution is 6.32. The van der Waals surface area contributed by atoms with Crippen LogP contribution in [-0.2, 0) is 0 Å². The van der Waals surface area contributed by atoms with Crippen molar-refractivity contribution >= 4 is 11.6 Å². The van der Waals surface area contributed by atoms with Gasteiger partial charge in [0, 0.05) is 11.8 Å². The van der Waals surface area contributed by atoms with Gasteiger partial charge in [0.15, 0.2) is 0 Å². The summed E-state index contributed by atoms with van der Waals surface area (Å²) in [6, 6.07) is 7.46. The summed E-state index contributed by atoms with van der Waals surface area (Å²) >= 11 is 5.98. The fourth-order valence-corrected chi connectivity index (χ4v) is 1.50. The maximum Gasteiger partial charge on any atom is 0.137 e. The number of nitrogens with zero attached hydrogens (tertiary/aromatic N) is 1. The summed E-state index contributed by atoms with van der Waals surface area (Å²) in [4.78, 5) is 0. The van der Waals surface area contributed by atoms with E-state index in [-0.39, 0.29) is 0 Å². The Morgan fingerprint density at radius 1 is 1.36 bits per heavy atom. The Labute approximate surface area is 86.7 Å². The van der Waals surface area contributed by atoms with Crippen molar-refractivity contribution in [2.75, 3.05) is 7.11 Å². The van der Waals surface area contributed by atoms with E-state index in [1.54, 1.807) is 13.3 Å². The van der Waals surface area contributed by atoms with Gasteiger partial charge in [-0.3, -0.25) is 5.10 Å². The zero-order chi connectivity index (χ0) is 9.97. The van der Waals surface area contributed by atoms with Gasteiger partial charge in [-0.25, -0.2) is 0 Å². The molecule has 14 heavy (non-hydrogen) atoms. The minimum Gasteiger partial charge on any atom is -0.495 e. The van der Waals surface area contributed by atoms with Crippen LogP contribution < -0.4 is 4.74 Å². The number of aromatic nitrogens is 2. The quantitative estimate of drug-likeness (QED) is 0.824. The molecule has 0 fully saturated rings. The smallest absolute Gasteiger partial charge is 0.137 e. The minimum absolute atomic E-state index is 0.591. The fourth-order valence-electron chi connectivity index (χ4n) is 1.25. The maximum absolute atomic E-state index is 5.98. The molecule has 0 saturated carbocycles. The monoisotopic (exact) mass is 208 g/mol. The lowest BCUT2D eigenvalue weighted by Crippen LogP contribution is -1.85. The van der Waals surface area contributed by atoms with Crippen molar-refractivity contribution < 1.29 is 4.74 Å². The maximum atomic E-state index is 5.98. The Balaban J connectivity index is 2.43. The van der Waals surface area contributed by atoms with E-state index in [2.05, 4.69) is 10.2 Å². The normalized spacial score (nSPS) is 10.1. The zero-order valence-corrected chi connectivity index (χ0v) is 8.38. The number of aromatic amines is 1. The third kappa shape index (κ3) is 1.59. The lowest BCUT2D eigenvalue weighted by atomic mass is 10.1. The van der Waals surface area contributed by atoms with Gasteiger partial charge in [-0.1, -0.05) is 11.6 Å². The molecule has 0 aliphatic rings. The van der Waals surface area contributed by atoms with Gasteiger partial charge in [0.05, 0.1) is 17.8 Å². The van der Waals surface area contributed by atoms with Crippen molar-refractivity contribution in [3.63, 3.8) is 0 Å².